The third-order valence-electron chi connectivity index (χ3n) is 3.34. The maximum Gasteiger partial charge on any atom is 0.267 e. The molecular formula is C13H13ClN4OS. The molecule has 1 aliphatic rings. The van der Waals surface area contributed by atoms with E-state index in [1.54, 1.807) is 0 Å². The molecule has 0 bridgehead atoms. The SMILES string of the molecule is O=C(c1cnns1)N1CCNCC1c1ccccc1Cl. The Morgan fingerprint density at radius 1 is 1.45 bits per heavy atom. The van der Waals surface area contributed by atoms with E-state index in [0.717, 1.165) is 23.6 Å². The second-order valence-electron chi connectivity index (χ2n) is 4.52. The third kappa shape index (κ3) is 2.54. The maximum absolute atomic E-state index is 12.5. The molecule has 104 valence electrons. The van der Waals surface area contributed by atoms with Gasteiger partial charge in [-0.1, -0.05) is 34.3 Å². The summed E-state index contributed by atoms with van der Waals surface area (Å²) in [7, 11) is 0. The molecular weight excluding hydrogens is 296 g/mol. The van der Waals surface area contributed by atoms with Crippen molar-refractivity contribution in [2.45, 2.75) is 6.04 Å². The van der Waals surface area contributed by atoms with E-state index in [1.165, 1.54) is 6.20 Å². The summed E-state index contributed by atoms with van der Waals surface area (Å²) < 4.78 is 3.76. The van der Waals surface area contributed by atoms with Crippen molar-refractivity contribution in [3.8, 4) is 0 Å². The first-order valence-electron chi connectivity index (χ1n) is 6.31. The lowest BCUT2D eigenvalue weighted by molar-refractivity contribution is 0.0639. The first-order chi connectivity index (χ1) is 9.77. The molecule has 0 aliphatic carbocycles. The quantitative estimate of drug-likeness (QED) is 0.921. The maximum atomic E-state index is 12.5. The summed E-state index contributed by atoms with van der Waals surface area (Å²) in [5, 5.41) is 7.72. The van der Waals surface area contributed by atoms with E-state index in [2.05, 4.69) is 14.9 Å². The van der Waals surface area contributed by atoms with Crippen LogP contribution in [0.15, 0.2) is 30.5 Å². The van der Waals surface area contributed by atoms with Crippen molar-refractivity contribution in [3.63, 3.8) is 0 Å². The Morgan fingerprint density at radius 2 is 2.30 bits per heavy atom. The Morgan fingerprint density at radius 3 is 3.05 bits per heavy atom. The van der Waals surface area contributed by atoms with Crippen LogP contribution >= 0.6 is 23.1 Å². The van der Waals surface area contributed by atoms with Crippen molar-refractivity contribution in [1.29, 1.82) is 0 Å². The van der Waals surface area contributed by atoms with Crippen LogP contribution in [0, 0.1) is 0 Å². The minimum Gasteiger partial charge on any atom is -0.328 e. The fourth-order valence-corrected chi connectivity index (χ4v) is 3.11. The van der Waals surface area contributed by atoms with Crippen molar-refractivity contribution < 1.29 is 4.79 Å². The Hall–Kier alpha value is -1.50. The van der Waals surface area contributed by atoms with Crippen LogP contribution in [0.2, 0.25) is 5.02 Å². The molecule has 0 radical (unpaired) electrons. The number of benzene rings is 1. The van der Waals surface area contributed by atoms with Gasteiger partial charge in [-0.3, -0.25) is 4.79 Å². The van der Waals surface area contributed by atoms with Crippen molar-refractivity contribution in [3.05, 3.63) is 45.9 Å². The highest BCUT2D eigenvalue weighted by atomic mass is 35.5. The molecule has 1 unspecified atom stereocenters. The van der Waals surface area contributed by atoms with E-state index in [9.17, 15) is 4.79 Å². The molecule has 2 heterocycles. The Balaban J connectivity index is 1.92. The van der Waals surface area contributed by atoms with Crippen molar-refractivity contribution >= 4 is 29.0 Å². The van der Waals surface area contributed by atoms with Crippen molar-refractivity contribution in [2.75, 3.05) is 19.6 Å². The zero-order valence-corrected chi connectivity index (χ0v) is 12.2. The molecule has 1 fully saturated rings. The summed E-state index contributed by atoms with van der Waals surface area (Å²) in [4.78, 5) is 14.9. The highest BCUT2D eigenvalue weighted by molar-refractivity contribution is 7.07. The number of amides is 1. The number of piperazine rings is 1. The van der Waals surface area contributed by atoms with Gasteiger partial charge in [0.2, 0.25) is 0 Å². The number of carbonyl (C=O) groups excluding carboxylic acids is 1. The van der Waals surface area contributed by atoms with E-state index in [0.29, 0.717) is 23.0 Å². The van der Waals surface area contributed by atoms with Crippen LogP contribution in [0.5, 0.6) is 0 Å². The number of nitrogens with zero attached hydrogens (tertiary/aromatic N) is 3. The molecule has 1 amide bonds. The Labute approximate surface area is 125 Å². The predicted octanol–water partition coefficient (Wildman–Crippen LogP) is 1.98. The van der Waals surface area contributed by atoms with Gasteiger partial charge in [-0.2, -0.15) is 0 Å². The standard InChI is InChI=1S/C13H13ClN4OS/c14-10-4-2-1-3-9(10)11-7-15-5-6-18(11)13(19)12-8-16-17-20-12/h1-4,8,11,15H,5-7H2. The van der Waals surface area contributed by atoms with Crippen LogP contribution in [0.3, 0.4) is 0 Å². The van der Waals surface area contributed by atoms with Gasteiger partial charge in [0.15, 0.2) is 0 Å². The van der Waals surface area contributed by atoms with Crippen LogP contribution in [0.4, 0.5) is 0 Å². The summed E-state index contributed by atoms with van der Waals surface area (Å²) in [5.41, 5.74) is 0.965. The summed E-state index contributed by atoms with van der Waals surface area (Å²) in [6.07, 6.45) is 1.51. The van der Waals surface area contributed by atoms with E-state index < -0.39 is 0 Å². The summed E-state index contributed by atoms with van der Waals surface area (Å²) in [5.74, 6) is -0.0357. The zero-order chi connectivity index (χ0) is 13.9. The molecule has 2 aromatic rings. The summed E-state index contributed by atoms with van der Waals surface area (Å²) in [6, 6.07) is 7.58. The van der Waals surface area contributed by atoms with E-state index in [-0.39, 0.29) is 11.9 Å². The number of carbonyl (C=O) groups is 1. The summed E-state index contributed by atoms with van der Waals surface area (Å²) in [6.45, 7) is 2.12. The number of aromatic nitrogens is 2. The molecule has 20 heavy (non-hydrogen) atoms. The second-order valence-corrected chi connectivity index (χ2v) is 5.71. The van der Waals surface area contributed by atoms with E-state index in [4.69, 9.17) is 11.6 Å². The van der Waals surface area contributed by atoms with Gasteiger partial charge in [0.05, 0.1) is 12.2 Å². The molecule has 7 heteroatoms. The van der Waals surface area contributed by atoms with E-state index >= 15 is 0 Å². The molecule has 1 aromatic carbocycles. The topological polar surface area (TPSA) is 58.1 Å². The number of hydrogen-bond acceptors (Lipinski definition) is 5. The van der Waals surface area contributed by atoms with Gasteiger partial charge in [0.1, 0.15) is 4.88 Å². The van der Waals surface area contributed by atoms with Crippen LogP contribution in [0.1, 0.15) is 21.3 Å². The molecule has 5 nitrogen and oxygen atoms in total. The highest BCUT2D eigenvalue weighted by Crippen LogP contribution is 2.29. The monoisotopic (exact) mass is 308 g/mol. The second kappa shape index (κ2) is 5.87. The average molecular weight is 309 g/mol. The number of hydrogen-bond donors (Lipinski definition) is 1. The van der Waals surface area contributed by atoms with Gasteiger partial charge in [0, 0.05) is 24.7 Å². The van der Waals surface area contributed by atoms with E-state index in [1.807, 2.05) is 29.2 Å². The molecule has 0 spiro atoms. The van der Waals surface area contributed by atoms with Crippen LogP contribution in [-0.4, -0.2) is 40.0 Å². The van der Waals surface area contributed by atoms with Crippen LogP contribution in [0.25, 0.3) is 0 Å². The molecule has 0 saturated carbocycles. The molecule has 1 aromatic heterocycles. The van der Waals surface area contributed by atoms with Crippen molar-refractivity contribution in [2.24, 2.45) is 0 Å². The van der Waals surface area contributed by atoms with Gasteiger partial charge in [-0.05, 0) is 23.2 Å². The molecule has 1 atom stereocenters. The highest BCUT2D eigenvalue weighted by Gasteiger charge is 2.30. The number of nitrogens with one attached hydrogen (secondary N) is 1. The largest absolute Gasteiger partial charge is 0.328 e. The molecule has 3 rings (SSSR count). The van der Waals surface area contributed by atoms with Gasteiger partial charge >= 0.3 is 0 Å². The van der Waals surface area contributed by atoms with Crippen molar-refractivity contribution in [1.82, 2.24) is 19.8 Å². The number of rotatable bonds is 2. The first-order valence-corrected chi connectivity index (χ1v) is 7.46. The average Bonchev–Trinajstić information content (AvgIpc) is 3.01. The zero-order valence-electron chi connectivity index (χ0n) is 10.6. The minimum absolute atomic E-state index is 0.0357. The lowest BCUT2D eigenvalue weighted by Crippen LogP contribution is -2.48. The molecule has 1 N–H and O–H groups in total. The Kier molecular flexibility index (Phi) is 3.95. The Bertz CT molecular complexity index is 604. The minimum atomic E-state index is -0.0629. The molecule has 1 saturated heterocycles. The third-order valence-corrected chi connectivity index (χ3v) is 4.34. The van der Waals surface area contributed by atoms with Crippen LogP contribution in [-0.2, 0) is 0 Å². The fraction of sp³-hybridized carbons (Fsp3) is 0.308. The van der Waals surface area contributed by atoms with Gasteiger partial charge in [-0.25, -0.2) is 0 Å². The fourth-order valence-electron chi connectivity index (χ4n) is 2.37. The van der Waals surface area contributed by atoms with Gasteiger partial charge in [-0.15, -0.1) is 5.10 Å². The summed E-state index contributed by atoms with van der Waals surface area (Å²) >= 11 is 7.39. The molecule has 1 aliphatic heterocycles. The number of halogens is 1. The predicted molar refractivity (Wildman–Crippen MR) is 78.0 cm³/mol. The van der Waals surface area contributed by atoms with Crippen LogP contribution < -0.4 is 5.32 Å². The first kappa shape index (κ1) is 13.5. The normalized spacial score (nSPS) is 19.1. The lowest BCUT2D eigenvalue weighted by atomic mass is 10.0. The smallest absolute Gasteiger partial charge is 0.267 e. The van der Waals surface area contributed by atoms with Gasteiger partial charge < -0.3 is 10.2 Å². The lowest BCUT2D eigenvalue weighted by Gasteiger charge is -2.36. The van der Waals surface area contributed by atoms with Gasteiger partial charge in [0.25, 0.3) is 5.91 Å².